The van der Waals surface area contributed by atoms with Crippen molar-refractivity contribution in [2.24, 2.45) is 0 Å². The van der Waals surface area contributed by atoms with Crippen molar-refractivity contribution in [3.63, 3.8) is 0 Å². The van der Waals surface area contributed by atoms with E-state index < -0.39 is 12.0 Å². The van der Waals surface area contributed by atoms with Gasteiger partial charge in [-0.25, -0.2) is 0 Å². The summed E-state index contributed by atoms with van der Waals surface area (Å²) in [6.07, 6.45) is 1.62. The molecule has 24 heavy (non-hydrogen) atoms. The van der Waals surface area contributed by atoms with Crippen LogP contribution in [0.4, 0.5) is 0 Å². The Bertz CT molecular complexity index is 731. The topological polar surface area (TPSA) is 97.5 Å². The van der Waals surface area contributed by atoms with Crippen LogP contribution in [0.2, 0.25) is 0 Å². The van der Waals surface area contributed by atoms with Crippen molar-refractivity contribution in [3.05, 3.63) is 42.2 Å². The number of amides is 1. The van der Waals surface area contributed by atoms with Crippen LogP contribution >= 0.6 is 0 Å². The SMILES string of the molecule is COC1CC(CC(=O)O)N(C(=O)c2cnn(-c3ccccc3)n2)C1. The van der Waals surface area contributed by atoms with Crippen molar-refractivity contribution in [1.82, 2.24) is 19.9 Å². The lowest BCUT2D eigenvalue weighted by molar-refractivity contribution is -0.138. The highest BCUT2D eigenvalue weighted by molar-refractivity contribution is 5.92. The number of aliphatic carboxylic acids is 1. The number of para-hydroxylation sites is 1. The molecule has 1 saturated heterocycles. The van der Waals surface area contributed by atoms with Gasteiger partial charge in [0.1, 0.15) is 0 Å². The monoisotopic (exact) mass is 330 g/mol. The van der Waals surface area contributed by atoms with Crippen LogP contribution in [0.5, 0.6) is 0 Å². The molecule has 3 rings (SSSR count). The Balaban J connectivity index is 1.80. The van der Waals surface area contributed by atoms with E-state index in [0.29, 0.717) is 13.0 Å². The molecule has 2 unspecified atom stereocenters. The molecule has 0 saturated carbocycles. The molecule has 126 valence electrons. The Morgan fingerprint density at radius 1 is 1.33 bits per heavy atom. The molecular formula is C16H18N4O4. The predicted molar refractivity (Wildman–Crippen MR) is 83.9 cm³/mol. The molecule has 0 spiro atoms. The van der Waals surface area contributed by atoms with Crippen molar-refractivity contribution in [2.45, 2.75) is 25.0 Å². The molecule has 1 aliphatic heterocycles. The summed E-state index contributed by atoms with van der Waals surface area (Å²) in [5.74, 6) is -1.27. The van der Waals surface area contributed by atoms with E-state index in [-0.39, 0.29) is 24.1 Å². The molecule has 2 heterocycles. The fraction of sp³-hybridized carbons (Fsp3) is 0.375. The molecule has 8 heteroatoms. The molecule has 1 aliphatic rings. The van der Waals surface area contributed by atoms with Gasteiger partial charge in [-0.2, -0.15) is 9.90 Å². The van der Waals surface area contributed by atoms with E-state index in [1.807, 2.05) is 30.3 Å². The van der Waals surface area contributed by atoms with Crippen LogP contribution in [0.1, 0.15) is 23.3 Å². The largest absolute Gasteiger partial charge is 0.481 e. The van der Waals surface area contributed by atoms with E-state index in [2.05, 4.69) is 10.2 Å². The van der Waals surface area contributed by atoms with Crippen LogP contribution < -0.4 is 0 Å². The van der Waals surface area contributed by atoms with E-state index in [1.54, 1.807) is 7.11 Å². The molecule has 0 radical (unpaired) electrons. The van der Waals surface area contributed by atoms with Gasteiger partial charge in [0.25, 0.3) is 5.91 Å². The number of carboxylic acids is 1. The number of rotatable bonds is 5. The number of carboxylic acid groups (broad SMARTS) is 1. The summed E-state index contributed by atoms with van der Waals surface area (Å²) in [7, 11) is 1.56. The van der Waals surface area contributed by atoms with Crippen LogP contribution in [0.3, 0.4) is 0 Å². The molecule has 0 aliphatic carbocycles. The number of methoxy groups -OCH3 is 1. The quantitative estimate of drug-likeness (QED) is 0.877. The minimum atomic E-state index is -0.942. The Morgan fingerprint density at radius 2 is 2.08 bits per heavy atom. The second-order valence-corrected chi connectivity index (χ2v) is 5.66. The van der Waals surface area contributed by atoms with Crippen molar-refractivity contribution in [2.75, 3.05) is 13.7 Å². The highest BCUT2D eigenvalue weighted by atomic mass is 16.5. The maximum Gasteiger partial charge on any atom is 0.305 e. The fourth-order valence-electron chi connectivity index (χ4n) is 2.88. The standard InChI is InChI=1S/C16H18N4O4/c1-24-13-7-12(8-15(21)22)19(10-13)16(23)14-9-17-20(18-14)11-5-3-2-4-6-11/h2-6,9,12-13H,7-8,10H2,1H3,(H,21,22). The van der Waals surface area contributed by atoms with E-state index in [1.165, 1.54) is 15.9 Å². The number of nitrogens with zero attached hydrogens (tertiary/aromatic N) is 4. The third-order valence-corrected chi connectivity index (χ3v) is 4.08. The average Bonchev–Trinajstić information content (AvgIpc) is 3.21. The molecule has 0 bridgehead atoms. The molecule has 1 amide bonds. The maximum atomic E-state index is 12.7. The Labute approximate surface area is 138 Å². The Morgan fingerprint density at radius 3 is 2.75 bits per heavy atom. The molecular weight excluding hydrogens is 312 g/mol. The smallest absolute Gasteiger partial charge is 0.305 e. The highest BCUT2D eigenvalue weighted by Crippen LogP contribution is 2.24. The first kappa shape index (κ1) is 16.1. The molecule has 1 aromatic heterocycles. The van der Waals surface area contributed by atoms with Crippen LogP contribution in [0.25, 0.3) is 5.69 Å². The summed E-state index contributed by atoms with van der Waals surface area (Å²) >= 11 is 0. The second-order valence-electron chi connectivity index (χ2n) is 5.66. The first-order valence-electron chi connectivity index (χ1n) is 7.62. The summed E-state index contributed by atoms with van der Waals surface area (Å²) in [5, 5.41) is 17.4. The second kappa shape index (κ2) is 6.79. The minimum Gasteiger partial charge on any atom is -0.481 e. The van der Waals surface area contributed by atoms with Crippen LogP contribution in [-0.2, 0) is 9.53 Å². The number of ether oxygens (including phenoxy) is 1. The average molecular weight is 330 g/mol. The lowest BCUT2D eigenvalue weighted by atomic mass is 10.1. The predicted octanol–water partition coefficient (Wildman–Crippen LogP) is 0.971. The molecule has 2 atom stereocenters. The number of aromatic nitrogens is 3. The minimum absolute atomic E-state index is 0.113. The lowest BCUT2D eigenvalue weighted by Gasteiger charge is -2.21. The zero-order valence-corrected chi connectivity index (χ0v) is 13.2. The number of hydrogen-bond acceptors (Lipinski definition) is 5. The molecule has 1 N–H and O–H groups in total. The van der Waals surface area contributed by atoms with E-state index >= 15 is 0 Å². The third-order valence-electron chi connectivity index (χ3n) is 4.08. The zero-order valence-electron chi connectivity index (χ0n) is 13.2. The maximum absolute atomic E-state index is 12.7. The van der Waals surface area contributed by atoms with Gasteiger partial charge in [-0.15, -0.1) is 5.10 Å². The number of carbonyl (C=O) groups is 2. The first-order valence-corrected chi connectivity index (χ1v) is 7.62. The van der Waals surface area contributed by atoms with Gasteiger partial charge in [-0.1, -0.05) is 18.2 Å². The van der Waals surface area contributed by atoms with Gasteiger partial charge in [0, 0.05) is 19.7 Å². The number of likely N-dealkylation sites (tertiary alicyclic amines) is 1. The van der Waals surface area contributed by atoms with Gasteiger partial charge < -0.3 is 14.7 Å². The van der Waals surface area contributed by atoms with Gasteiger partial charge in [0.2, 0.25) is 0 Å². The number of benzene rings is 1. The number of hydrogen-bond donors (Lipinski definition) is 1. The Hall–Kier alpha value is -2.74. The van der Waals surface area contributed by atoms with Gasteiger partial charge in [0.05, 0.1) is 24.4 Å². The fourth-order valence-corrected chi connectivity index (χ4v) is 2.88. The van der Waals surface area contributed by atoms with Crippen molar-refractivity contribution < 1.29 is 19.4 Å². The summed E-state index contributed by atoms with van der Waals surface area (Å²) in [4.78, 5) is 26.6. The summed E-state index contributed by atoms with van der Waals surface area (Å²) < 4.78 is 5.29. The van der Waals surface area contributed by atoms with Gasteiger partial charge >= 0.3 is 5.97 Å². The normalized spacial score (nSPS) is 20.3. The van der Waals surface area contributed by atoms with Gasteiger partial charge in [-0.3, -0.25) is 9.59 Å². The summed E-state index contributed by atoms with van der Waals surface area (Å²) in [6, 6.07) is 8.85. The molecule has 8 nitrogen and oxygen atoms in total. The van der Waals surface area contributed by atoms with E-state index in [4.69, 9.17) is 9.84 Å². The molecule has 1 aromatic carbocycles. The molecule has 1 fully saturated rings. The van der Waals surface area contributed by atoms with Crippen LogP contribution in [-0.4, -0.2) is 62.7 Å². The molecule has 2 aromatic rings. The van der Waals surface area contributed by atoms with Crippen LogP contribution in [0.15, 0.2) is 36.5 Å². The van der Waals surface area contributed by atoms with Gasteiger partial charge in [0.15, 0.2) is 5.69 Å². The van der Waals surface area contributed by atoms with Gasteiger partial charge in [-0.05, 0) is 18.6 Å². The van der Waals surface area contributed by atoms with E-state index in [0.717, 1.165) is 5.69 Å². The Kier molecular flexibility index (Phi) is 4.57. The zero-order chi connectivity index (χ0) is 17.1. The first-order chi connectivity index (χ1) is 11.6. The van der Waals surface area contributed by atoms with Crippen LogP contribution in [0, 0.1) is 0 Å². The van der Waals surface area contributed by atoms with Crippen molar-refractivity contribution >= 4 is 11.9 Å². The summed E-state index contributed by atoms with van der Waals surface area (Å²) in [6.45, 7) is 0.353. The third kappa shape index (κ3) is 3.28. The van der Waals surface area contributed by atoms with E-state index in [9.17, 15) is 9.59 Å². The van der Waals surface area contributed by atoms with Crippen molar-refractivity contribution in [3.8, 4) is 5.69 Å². The summed E-state index contributed by atoms with van der Waals surface area (Å²) in [5.41, 5.74) is 0.931. The van der Waals surface area contributed by atoms with Crippen molar-refractivity contribution in [1.29, 1.82) is 0 Å². The number of carbonyl (C=O) groups excluding carboxylic acids is 1. The lowest BCUT2D eigenvalue weighted by Crippen LogP contribution is -2.37. The highest BCUT2D eigenvalue weighted by Gasteiger charge is 2.37.